The monoisotopic (exact) mass is 344 g/mol. The van der Waals surface area contributed by atoms with E-state index in [1.165, 1.54) is 18.2 Å². The van der Waals surface area contributed by atoms with Crippen molar-refractivity contribution in [1.82, 2.24) is 5.32 Å². The van der Waals surface area contributed by atoms with Gasteiger partial charge in [-0.25, -0.2) is 0 Å². The molecule has 0 aliphatic rings. The number of benzene rings is 1. The maximum Gasteiger partial charge on any atom is 0.270 e. The quantitative estimate of drug-likeness (QED) is 0.286. The van der Waals surface area contributed by atoms with Crippen LogP contribution in [-0.4, -0.2) is 22.2 Å². The van der Waals surface area contributed by atoms with Crippen LogP contribution in [0.15, 0.2) is 48.8 Å². The normalized spacial score (nSPS) is 11.6. The van der Waals surface area contributed by atoms with E-state index in [-0.39, 0.29) is 17.0 Å². The number of pyridine rings is 1. The summed E-state index contributed by atoms with van der Waals surface area (Å²) >= 11 is 5.37. The van der Waals surface area contributed by atoms with Crippen molar-refractivity contribution in [2.45, 2.75) is 19.9 Å². The Balaban J connectivity index is 2.47. The molecule has 1 heterocycles. The molecule has 0 aliphatic carbocycles. The molecular weight excluding hydrogens is 326 g/mol. The second-order valence-corrected chi connectivity index (χ2v) is 5.74. The molecule has 1 unspecified atom stereocenters. The molecule has 1 aromatic carbocycles. The van der Waals surface area contributed by atoms with E-state index in [9.17, 15) is 14.9 Å². The number of nitro benzene ring substituents is 1. The number of ketones is 1. The van der Waals surface area contributed by atoms with E-state index in [0.717, 1.165) is 5.56 Å². The van der Waals surface area contributed by atoms with Crippen molar-refractivity contribution in [2.24, 2.45) is 0 Å². The highest BCUT2D eigenvalue weighted by Gasteiger charge is 2.33. The maximum absolute atomic E-state index is 13.0. The van der Waals surface area contributed by atoms with Crippen LogP contribution < -0.4 is 9.88 Å². The Morgan fingerprint density at radius 3 is 2.75 bits per heavy atom. The Bertz CT molecular complexity index is 792. The molecule has 0 bridgehead atoms. The van der Waals surface area contributed by atoms with Gasteiger partial charge in [0.15, 0.2) is 17.4 Å². The molecule has 0 spiro atoms. The molecule has 0 radical (unpaired) electrons. The predicted octanol–water partition coefficient (Wildman–Crippen LogP) is 2.55. The SMILES string of the molecule is CCNC(=S)C(C(=O)c1cccc([N+](=O)[O-])c1)[n+]1cccc(C)c1. The highest BCUT2D eigenvalue weighted by molar-refractivity contribution is 7.80. The van der Waals surface area contributed by atoms with Crippen molar-refractivity contribution in [3.63, 3.8) is 0 Å². The molecule has 0 amide bonds. The van der Waals surface area contributed by atoms with Gasteiger partial charge < -0.3 is 5.32 Å². The molecule has 0 saturated heterocycles. The second kappa shape index (κ2) is 7.74. The number of thiocarbonyl (C=S) groups is 1. The summed E-state index contributed by atoms with van der Waals surface area (Å²) in [7, 11) is 0. The third-order valence-corrected chi connectivity index (χ3v) is 3.82. The molecule has 1 atom stereocenters. The van der Waals surface area contributed by atoms with Crippen LogP contribution in [0, 0.1) is 17.0 Å². The summed E-state index contributed by atoms with van der Waals surface area (Å²) in [6.07, 6.45) is 3.58. The fraction of sp³-hybridized carbons (Fsp3) is 0.235. The van der Waals surface area contributed by atoms with Gasteiger partial charge >= 0.3 is 0 Å². The number of rotatable bonds is 6. The molecule has 124 valence electrons. The lowest BCUT2D eigenvalue weighted by atomic mass is 10.0. The molecule has 0 saturated carbocycles. The number of carbonyl (C=O) groups is 1. The van der Waals surface area contributed by atoms with E-state index >= 15 is 0 Å². The number of nitro groups is 1. The zero-order valence-corrected chi connectivity index (χ0v) is 14.2. The number of non-ortho nitro benzene ring substituents is 1. The fourth-order valence-electron chi connectivity index (χ4n) is 2.37. The van der Waals surface area contributed by atoms with Crippen LogP contribution in [0.25, 0.3) is 0 Å². The predicted molar refractivity (Wildman–Crippen MR) is 94.1 cm³/mol. The summed E-state index contributed by atoms with van der Waals surface area (Å²) < 4.78 is 1.72. The molecular formula is C17H18N3O3S+. The molecule has 1 aromatic heterocycles. The smallest absolute Gasteiger partial charge is 0.270 e. The zero-order chi connectivity index (χ0) is 17.7. The van der Waals surface area contributed by atoms with Crippen LogP contribution in [0.4, 0.5) is 5.69 Å². The van der Waals surface area contributed by atoms with E-state index in [1.807, 2.05) is 32.2 Å². The first kappa shape index (κ1) is 17.7. The number of carbonyl (C=O) groups excluding carboxylic acids is 1. The van der Waals surface area contributed by atoms with Crippen molar-refractivity contribution < 1.29 is 14.3 Å². The van der Waals surface area contributed by atoms with Crippen LogP contribution in [-0.2, 0) is 0 Å². The average molecular weight is 344 g/mol. The zero-order valence-electron chi connectivity index (χ0n) is 13.4. The highest BCUT2D eigenvalue weighted by atomic mass is 32.1. The van der Waals surface area contributed by atoms with E-state index in [2.05, 4.69) is 5.32 Å². The van der Waals surface area contributed by atoms with E-state index in [1.54, 1.807) is 16.8 Å². The summed E-state index contributed by atoms with van der Waals surface area (Å²) in [5, 5.41) is 14.0. The van der Waals surface area contributed by atoms with Gasteiger partial charge in [-0.15, -0.1) is 0 Å². The van der Waals surface area contributed by atoms with Crippen LogP contribution in [0.5, 0.6) is 0 Å². The Kier molecular flexibility index (Phi) is 5.70. The summed E-state index contributed by atoms with van der Waals surface area (Å²) in [5.41, 5.74) is 1.11. The van der Waals surface area contributed by atoms with Crippen molar-refractivity contribution in [1.29, 1.82) is 0 Å². The highest BCUT2D eigenvalue weighted by Crippen LogP contribution is 2.17. The lowest BCUT2D eigenvalue weighted by molar-refractivity contribution is -0.692. The third-order valence-electron chi connectivity index (χ3n) is 3.46. The van der Waals surface area contributed by atoms with Crippen molar-refractivity contribution in [3.05, 3.63) is 70.0 Å². The van der Waals surface area contributed by atoms with Crippen LogP contribution in [0.1, 0.15) is 28.9 Å². The standard InChI is InChI=1S/C17H17N3O3S/c1-3-18-17(24)15(19-9-5-6-12(2)11-19)16(21)13-7-4-8-14(10-13)20(22)23/h4-11,15H,3H2,1-2H3/p+1. The number of hydrogen-bond acceptors (Lipinski definition) is 4. The number of aromatic nitrogens is 1. The molecule has 0 fully saturated rings. The first-order valence-corrected chi connectivity index (χ1v) is 7.88. The Morgan fingerprint density at radius 1 is 1.38 bits per heavy atom. The number of nitrogens with zero attached hydrogens (tertiary/aromatic N) is 2. The summed E-state index contributed by atoms with van der Waals surface area (Å²) in [5.74, 6) is -0.291. The minimum Gasteiger partial charge on any atom is -0.374 e. The summed E-state index contributed by atoms with van der Waals surface area (Å²) in [4.78, 5) is 23.8. The lowest BCUT2D eigenvalue weighted by Gasteiger charge is -2.14. The number of likely N-dealkylation sites (N-methyl/N-ethyl adjacent to an activating group) is 1. The molecule has 24 heavy (non-hydrogen) atoms. The van der Waals surface area contributed by atoms with E-state index in [0.29, 0.717) is 11.5 Å². The van der Waals surface area contributed by atoms with Crippen LogP contribution in [0.2, 0.25) is 0 Å². The Morgan fingerprint density at radius 2 is 2.12 bits per heavy atom. The fourth-order valence-corrected chi connectivity index (χ4v) is 2.74. The molecule has 7 heteroatoms. The largest absolute Gasteiger partial charge is 0.374 e. The van der Waals surface area contributed by atoms with E-state index in [4.69, 9.17) is 12.2 Å². The number of aryl methyl sites for hydroxylation is 1. The Hall–Kier alpha value is -2.67. The van der Waals surface area contributed by atoms with Gasteiger partial charge in [0, 0.05) is 35.9 Å². The first-order chi connectivity index (χ1) is 11.4. The lowest BCUT2D eigenvalue weighted by Crippen LogP contribution is -2.51. The van der Waals surface area contributed by atoms with Crippen molar-refractivity contribution >= 4 is 28.7 Å². The summed E-state index contributed by atoms with van der Waals surface area (Å²) in [6, 6.07) is 8.70. The van der Waals surface area contributed by atoms with Crippen molar-refractivity contribution in [3.8, 4) is 0 Å². The van der Waals surface area contributed by atoms with Crippen LogP contribution in [0.3, 0.4) is 0 Å². The van der Waals surface area contributed by atoms with Gasteiger partial charge in [0.25, 0.3) is 11.7 Å². The minimum atomic E-state index is -0.748. The molecule has 1 N–H and O–H groups in total. The van der Waals surface area contributed by atoms with Gasteiger partial charge in [-0.1, -0.05) is 24.4 Å². The molecule has 2 aromatic rings. The second-order valence-electron chi connectivity index (χ2n) is 5.30. The van der Waals surface area contributed by atoms with Crippen molar-refractivity contribution in [2.75, 3.05) is 6.54 Å². The topological polar surface area (TPSA) is 76.1 Å². The van der Waals surface area contributed by atoms with Gasteiger partial charge in [-0.3, -0.25) is 14.9 Å². The van der Waals surface area contributed by atoms with Gasteiger partial charge in [-0.05, 0) is 19.9 Å². The minimum absolute atomic E-state index is 0.122. The number of hydrogen-bond donors (Lipinski definition) is 1. The van der Waals surface area contributed by atoms with Gasteiger partial charge in [0.2, 0.25) is 5.78 Å². The Labute approximate surface area is 145 Å². The molecule has 0 aliphatic heterocycles. The number of Topliss-reactive ketones (excluding diaryl/α,β-unsaturated/α-hetero) is 1. The first-order valence-electron chi connectivity index (χ1n) is 7.47. The molecule has 6 nitrogen and oxygen atoms in total. The van der Waals surface area contributed by atoms with Gasteiger partial charge in [0.05, 0.1) is 4.92 Å². The number of nitrogens with one attached hydrogen (secondary N) is 1. The van der Waals surface area contributed by atoms with Gasteiger partial charge in [0.1, 0.15) is 0 Å². The molecule has 2 rings (SSSR count). The van der Waals surface area contributed by atoms with Crippen LogP contribution >= 0.6 is 12.2 Å². The van der Waals surface area contributed by atoms with E-state index < -0.39 is 11.0 Å². The third kappa shape index (κ3) is 3.99. The average Bonchev–Trinajstić information content (AvgIpc) is 2.55. The van der Waals surface area contributed by atoms with Gasteiger partial charge in [-0.2, -0.15) is 4.57 Å². The maximum atomic E-state index is 13.0. The summed E-state index contributed by atoms with van der Waals surface area (Å²) in [6.45, 7) is 4.40.